The number of para-hydroxylation sites is 1. The number of pyridine rings is 1. The quantitative estimate of drug-likeness (QED) is 0.250. The minimum atomic E-state index is -0.118. The molecule has 0 radical (unpaired) electrons. The maximum absolute atomic E-state index is 6.02. The van der Waals surface area contributed by atoms with E-state index in [1.54, 1.807) is 0 Å². The summed E-state index contributed by atoms with van der Waals surface area (Å²) < 4.78 is 8.26. The molecule has 1 saturated heterocycles. The van der Waals surface area contributed by atoms with Crippen LogP contribution in [0.1, 0.15) is 29.0 Å². The van der Waals surface area contributed by atoms with Crippen LogP contribution in [-0.2, 0) is 0 Å². The predicted molar refractivity (Wildman–Crippen MR) is 151 cm³/mol. The molecule has 0 amide bonds. The highest BCUT2D eigenvalue weighted by Gasteiger charge is 2.42. The van der Waals surface area contributed by atoms with Crippen molar-refractivity contribution in [3.8, 4) is 17.2 Å². The number of ether oxygens (including phenoxy) is 1. The van der Waals surface area contributed by atoms with Gasteiger partial charge in [0, 0.05) is 29.5 Å². The third-order valence-electron chi connectivity index (χ3n) is 6.56. The largest absolute Gasteiger partial charge is 0.457 e. The molecule has 3 heterocycles. The van der Waals surface area contributed by atoms with E-state index in [2.05, 4.69) is 81.4 Å². The standard InChI is InChI=1S/C31H26N4OS/c1-22-9-7-10-24(21-22)34-20-8-14-28(34)30-29(27-13-5-6-19-32-27)33-31(37)35(30)23-15-17-26(18-16-23)36-25-11-3-2-4-12-25/h2-21,29-30H,1H3,(H,33,37)/t29-,30-/m0/s1. The molecular formula is C31H26N4OS. The molecule has 182 valence electrons. The van der Waals surface area contributed by atoms with Crippen molar-refractivity contribution in [3.63, 3.8) is 0 Å². The number of nitrogens with zero attached hydrogens (tertiary/aromatic N) is 3. The highest BCUT2D eigenvalue weighted by molar-refractivity contribution is 7.80. The summed E-state index contributed by atoms with van der Waals surface area (Å²) in [6.07, 6.45) is 3.94. The van der Waals surface area contributed by atoms with Gasteiger partial charge in [-0.25, -0.2) is 0 Å². The zero-order chi connectivity index (χ0) is 25.2. The molecular weight excluding hydrogens is 476 g/mol. The number of rotatable bonds is 6. The first-order valence-corrected chi connectivity index (χ1v) is 12.7. The Morgan fingerprint density at radius 2 is 1.57 bits per heavy atom. The third-order valence-corrected chi connectivity index (χ3v) is 6.87. The van der Waals surface area contributed by atoms with E-state index in [9.17, 15) is 0 Å². The number of nitrogens with one attached hydrogen (secondary N) is 1. The van der Waals surface area contributed by atoms with Gasteiger partial charge >= 0.3 is 0 Å². The summed E-state index contributed by atoms with van der Waals surface area (Å²) in [6.45, 7) is 2.11. The van der Waals surface area contributed by atoms with Crippen LogP contribution in [0.2, 0.25) is 0 Å². The van der Waals surface area contributed by atoms with E-state index in [-0.39, 0.29) is 12.1 Å². The number of anilines is 1. The summed E-state index contributed by atoms with van der Waals surface area (Å²) in [5.74, 6) is 1.58. The van der Waals surface area contributed by atoms with Gasteiger partial charge in [0.2, 0.25) is 0 Å². The zero-order valence-electron chi connectivity index (χ0n) is 20.4. The molecule has 1 fully saturated rings. The van der Waals surface area contributed by atoms with Crippen molar-refractivity contribution in [1.29, 1.82) is 0 Å². The molecule has 6 rings (SSSR count). The lowest BCUT2D eigenvalue weighted by molar-refractivity contribution is 0.482. The van der Waals surface area contributed by atoms with Crippen LogP contribution in [0.5, 0.6) is 11.5 Å². The lowest BCUT2D eigenvalue weighted by atomic mass is 10.0. The Labute approximate surface area is 222 Å². The van der Waals surface area contributed by atoms with E-state index < -0.39 is 0 Å². The fourth-order valence-electron chi connectivity index (χ4n) is 4.88. The number of thiocarbonyl (C=S) groups is 1. The van der Waals surface area contributed by atoms with Crippen molar-refractivity contribution in [2.75, 3.05) is 4.90 Å². The fourth-order valence-corrected chi connectivity index (χ4v) is 5.23. The summed E-state index contributed by atoms with van der Waals surface area (Å²) in [6, 6.07) is 36.4. The Balaban J connectivity index is 1.41. The van der Waals surface area contributed by atoms with Gasteiger partial charge in [-0.05, 0) is 97.5 Å². The lowest BCUT2D eigenvalue weighted by Crippen LogP contribution is -2.30. The molecule has 3 aromatic carbocycles. The van der Waals surface area contributed by atoms with Gasteiger partial charge in [-0.1, -0.05) is 36.4 Å². The second kappa shape index (κ2) is 9.91. The van der Waals surface area contributed by atoms with Crippen LogP contribution in [0, 0.1) is 6.92 Å². The summed E-state index contributed by atoms with van der Waals surface area (Å²) >= 11 is 5.92. The molecule has 5 nitrogen and oxygen atoms in total. The monoisotopic (exact) mass is 502 g/mol. The van der Waals surface area contributed by atoms with E-state index in [4.69, 9.17) is 17.0 Å². The number of aryl methyl sites for hydroxylation is 1. The van der Waals surface area contributed by atoms with Gasteiger partial charge < -0.3 is 19.5 Å². The van der Waals surface area contributed by atoms with Crippen molar-refractivity contribution in [1.82, 2.24) is 14.9 Å². The minimum Gasteiger partial charge on any atom is -0.457 e. The summed E-state index contributed by atoms with van der Waals surface area (Å²) in [5, 5.41) is 4.21. The van der Waals surface area contributed by atoms with Crippen LogP contribution < -0.4 is 15.0 Å². The molecule has 1 aliphatic heterocycles. The SMILES string of the molecule is Cc1cccc(-n2cccc2[C@H]2[C@H](c3ccccn3)NC(=S)N2c2ccc(Oc3ccccc3)cc2)c1. The van der Waals surface area contributed by atoms with E-state index in [1.807, 2.05) is 66.9 Å². The van der Waals surface area contributed by atoms with Gasteiger partial charge in [0.05, 0.1) is 11.7 Å². The van der Waals surface area contributed by atoms with Crippen LogP contribution in [0.15, 0.2) is 122 Å². The Kier molecular flexibility index (Phi) is 6.16. The van der Waals surface area contributed by atoms with E-state index in [0.29, 0.717) is 5.11 Å². The Hall–Kier alpha value is -4.42. The molecule has 5 aromatic rings. The number of aromatic nitrogens is 2. The van der Waals surface area contributed by atoms with Gasteiger partial charge in [0.15, 0.2) is 5.11 Å². The van der Waals surface area contributed by atoms with E-state index in [1.165, 1.54) is 5.56 Å². The van der Waals surface area contributed by atoms with Gasteiger partial charge in [0.25, 0.3) is 0 Å². The van der Waals surface area contributed by atoms with Gasteiger partial charge in [-0.2, -0.15) is 0 Å². The minimum absolute atomic E-state index is 0.112. The highest BCUT2D eigenvalue weighted by atomic mass is 32.1. The molecule has 6 heteroatoms. The van der Waals surface area contributed by atoms with Crippen LogP contribution >= 0.6 is 12.2 Å². The van der Waals surface area contributed by atoms with Gasteiger partial charge in [0.1, 0.15) is 17.5 Å². The first kappa shape index (κ1) is 23.0. The average Bonchev–Trinajstić information content (AvgIpc) is 3.55. The van der Waals surface area contributed by atoms with Crippen molar-refractivity contribution >= 4 is 23.0 Å². The van der Waals surface area contributed by atoms with Crippen LogP contribution in [0.4, 0.5) is 5.69 Å². The molecule has 0 aliphatic carbocycles. The van der Waals surface area contributed by atoms with E-state index >= 15 is 0 Å². The maximum atomic E-state index is 6.02. The van der Waals surface area contributed by atoms with E-state index in [0.717, 1.165) is 34.3 Å². The smallest absolute Gasteiger partial charge is 0.174 e. The number of hydrogen-bond donors (Lipinski definition) is 1. The van der Waals surface area contributed by atoms with Gasteiger partial charge in [-0.15, -0.1) is 0 Å². The van der Waals surface area contributed by atoms with Crippen molar-refractivity contribution in [3.05, 3.63) is 139 Å². The molecule has 1 aliphatic rings. The average molecular weight is 503 g/mol. The Bertz CT molecular complexity index is 1520. The summed E-state index contributed by atoms with van der Waals surface area (Å²) in [4.78, 5) is 6.87. The summed E-state index contributed by atoms with van der Waals surface area (Å²) in [5.41, 5.74) is 5.38. The Morgan fingerprint density at radius 1 is 0.784 bits per heavy atom. The topological polar surface area (TPSA) is 42.3 Å². The molecule has 0 bridgehead atoms. The fraction of sp³-hybridized carbons (Fsp3) is 0.0968. The van der Waals surface area contributed by atoms with Crippen molar-refractivity contribution in [2.24, 2.45) is 0 Å². The molecule has 37 heavy (non-hydrogen) atoms. The second-order valence-electron chi connectivity index (χ2n) is 9.05. The van der Waals surface area contributed by atoms with Crippen LogP contribution in [-0.4, -0.2) is 14.7 Å². The first-order valence-electron chi connectivity index (χ1n) is 12.3. The molecule has 2 aromatic heterocycles. The molecule has 0 saturated carbocycles. The molecule has 1 N–H and O–H groups in total. The molecule has 0 spiro atoms. The van der Waals surface area contributed by atoms with Crippen LogP contribution in [0.3, 0.4) is 0 Å². The van der Waals surface area contributed by atoms with Crippen molar-refractivity contribution < 1.29 is 4.74 Å². The third kappa shape index (κ3) is 4.59. The maximum Gasteiger partial charge on any atom is 0.174 e. The second-order valence-corrected chi connectivity index (χ2v) is 9.43. The zero-order valence-corrected chi connectivity index (χ0v) is 21.2. The lowest BCUT2D eigenvalue weighted by Gasteiger charge is -2.29. The Morgan fingerprint density at radius 3 is 2.32 bits per heavy atom. The predicted octanol–water partition coefficient (Wildman–Crippen LogP) is 7.15. The first-order chi connectivity index (χ1) is 18.2. The van der Waals surface area contributed by atoms with Crippen LogP contribution in [0.25, 0.3) is 5.69 Å². The number of hydrogen-bond acceptors (Lipinski definition) is 3. The highest BCUT2D eigenvalue weighted by Crippen LogP contribution is 2.42. The normalized spacial score (nSPS) is 17.0. The molecule has 2 atom stereocenters. The number of benzene rings is 3. The summed E-state index contributed by atoms with van der Waals surface area (Å²) in [7, 11) is 0. The van der Waals surface area contributed by atoms with Crippen molar-refractivity contribution in [2.45, 2.75) is 19.0 Å². The molecule has 0 unspecified atom stereocenters. The van der Waals surface area contributed by atoms with Gasteiger partial charge in [-0.3, -0.25) is 4.98 Å².